The first-order valence-electron chi connectivity index (χ1n) is 9.53. The van der Waals surface area contributed by atoms with Gasteiger partial charge in [-0.3, -0.25) is 9.69 Å². The Labute approximate surface area is 154 Å². The van der Waals surface area contributed by atoms with Gasteiger partial charge in [-0.05, 0) is 37.3 Å². The number of hydrogen-bond donors (Lipinski definition) is 1. The predicted octanol–water partition coefficient (Wildman–Crippen LogP) is 1.91. The fraction of sp³-hybridized carbons (Fsp3) is 0.571. The smallest absolute Gasteiger partial charge is 0.310 e. The summed E-state index contributed by atoms with van der Waals surface area (Å²) in [4.78, 5) is 17.6. The minimum atomic E-state index is -1.08. The highest BCUT2D eigenvalue weighted by Gasteiger charge is 2.76. The lowest BCUT2D eigenvalue weighted by atomic mass is 9.48. The average Bonchev–Trinajstić information content (AvgIpc) is 2.87. The third-order valence-corrected chi connectivity index (χ3v) is 7.71. The summed E-state index contributed by atoms with van der Waals surface area (Å²) in [5, 5.41) is 12.2. The van der Waals surface area contributed by atoms with E-state index in [0.29, 0.717) is 0 Å². The van der Waals surface area contributed by atoms with Crippen molar-refractivity contribution in [1.82, 2.24) is 4.90 Å². The van der Waals surface area contributed by atoms with Gasteiger partial charge in [-0.15, -0.1) is 0 Å². The van der Waals surface area contributed by atoms with Crippen molar-refractivity contribution in [3.63, 3.8) is 0 Å². The molecule has 5 atom stereocenters. The van der Waals surface area contributed by atoms with E-state index >= 15 is 0 Å². The largest absolute Gasteiger partial charge is 0.469 e. The van der Waals surface area contributed by atoms with E-state index in [1.807, 2.05) is 24.1 Å². The topological polar surface area (TPSA) is 53.0 Å². The molecule has 0 radical (unpaired) electrons. The normalized spacial score (nSPS) is 41.9. The zero-order chi connectivity index (χ0) is 18.3. The van der Waals surface area contributed by atoms with E-state index in [9.17, 15) is 9.90 Å². The fourth-order valence-electron chi connectivity index (χ4n) is 6.68. The van der Waals surface area contributed by atoms with Gasteiger partial charge in [-0.2, -0.15) is 0 Å². The SMILES string of the molecule is CC=C1CN2CCC34c5ccccc5N(C)C3(O)C2CC1C4C(=O)OC. The molecule has 3 aliphatic heterocycles. The Kier molecular flexibility index (Phi) is 3.21. The van der Waals surface area contributed by atoms with Crippen LogP contribution in [0.5, 0.6) is 0 Å². The van der Waals surface area contributed by atoms with Crippen molar-refractivity contribution in [2.75, 3.05) is 32.1 Å². The number of esters is 1. The number of rotatable bonds is 1. The highest BCUT2D eigenvalue weighted by atomic mass is 16.5. The summed E-state index contributed by atoms with van der Waals surface area (Å²) in [5.74, 6) is -0.408. The molecular weight excluding hydrogens is 328 g/mol. The molecule has 1 aromatic carbocycles. The van der Waals surface area contributed by atoms with Crippen LogP contribution < -0.4 is 4.90 Å². The van der Waals surface area contributed by atoms with Crippen molar-refractivity contribution in [1.29, 1.82) is 0 Å². The van der Waals surface area contributed by atoms with Crippen molar-refractivity contribution in [2.24, 2.45) is 11.8 Å². The quantitative estimate of drug-likeness (QED) is 0.617. The molecule has 138 valence electrons. The first-order valence-corrected chi connectivity index (χ1v) is 9.53. The van der Waals surface area contributed by atoms with E-state index in [2.05, 4.69) is 30.0 Å². The molecule has 5 heteroatoms. The lowest BCUT2D eigenvalue weighted by Gasteiger charge is -2.66. The minimum absolute atomic E-state index is 0.0308. The number of aliphatic hydroxyl groups is 1. The maximum atomic E-state index is 13.1. The molecule has 26 heavy (non-hydrogen) atoms. The molecule has 0 aromatic heterocycles. The summed E-state index contributed by atoms with van der Waals surface area (Å²) in [5.41, 5.74) is 1.76. The van der Waals surface area contributed by atoms with Crippen LogP contribution in [0.25, 0.3) is 0 Å². The van der Waals surface area contributed by atoms with Crippen LogP contribution in [0, 0.1) is 11.8 Å². The average molecular weight is 354 g/mol. The summed E-state index contributed by atoms with van der Waals surface area (Å²) in [6.45, 7) is 3.79. The first kappa shape index (κ1) is 16.3. The molecule has 5 rings (SSSR count). The van der Waals surface area contributed by atoms with E-state index in [1.54, 1.807) is 0 Å². The number of ether oxygens (including phenoxy) is 1. The zero-order valence-electron chi connectivity index (χ0n) is 15.6. The maximum absolute atomic E-state index is 13.1. The van der Waals surface area contributed by atoms with Crippen molar-refractivity contribution >= 4 is 11.7 Å². The van der Waals surface area contributed by atoms with Crippen LogP contribution in [-0.4, -0.2) is 55.0 Å². The van der Waals surface area contributed by atoms with Gasteiger partial charge in [0, 0.05) is 25.8 Å². The Bertz CT molecular complexity index is 821. The van der Waals surface area contributed by atoms with Crippen LogP contribution in [0.2, 0.25) is 0 Å². The van der Waals surface area contributed by atoms with Crippen LogP contribution in [-0.2, 0) is 14.9 Å². The fourth-order valence-corrected chi connectivity index (χ4v) is 6.68. The third kappa shape index (κ3) is 1.54. The van der Waals surface area contributed by atoms with E-state index in [4.69, 9.17) is 4.74 Å². The second-order valence-corrected chi connectivity index (χ2v) is 8.22. The number of carbonyl (C=O) groups excluding carboxylic acids is 1. The van der Waals surface area contributed by atoms with Gasteiger partial charge in [-0.25, -0.2) is 0 Å². The highest BCUT2D eigenvalue weighted by Crippen LogP contribution is 2.67. The number of anilines is 1. The van der Waals surface area contributed by atoms with Gasteiger partial charge in [0.15, 0.2) is 5.72 Å². The van der Waals surface area contributed by atoms with E-state index < -0.39 is 11.1 Å². The molecular formula is C21H26N2O3. The number of benzene rings is 1. The van der Waals surface area contributed by atoms with Gasteiger partial charge >= 0.3 is 5.97 Å². The second kappa shape index (κ2) is 5.11. The highest BCUT2D eigenvalue weighted by molar-refractivity contribution is 5.81. The van der Waals surface area contributed by atoms with Crippen molar-refractivity contribution in [2.45, 2.75) is 36.9 Å². The van der Waals surface area contributed by atoms with Crippen molar-refractivity contribution in [3.8, 4) is 0 Å². The zero-order valence-corrected chi connectivity index (χ0v) is 15.6. The van der Waals surface area contributed by atoms with Gasteiger partial charge < -0.3 is 14.7 Å². The molecule has 1 N–H and O–H groups in total. The molecule has 4 aliphatic rings. The molecule has 0 amide bonds. The van der Waals surface area contributed by atoms with Crippen LogP contribution in [0.15, 0.2) is 35.9 Å². The van der Waals surface area contributed by atoms with Crippen LogP contribution in [0.3, 0.4) is 0 Å². The molecule has 5 nitrogen and oxygen atoms in total. The van der Waals surface area contributed by atoms with Crippen molar-refractivity contribution < 1.29 is 14.6 Å². The number of likely N-dealkylation sites (N-methyl/N-ethyl adjacent to an activating group) is 1. The lowest BCUT2D eigenvalue weighted by molar-refractivity contribution is -0.206. The Morgan fingerprint density at radius 2 is 2.15 bits per heavy atom. The van der Waals surface area contributed by atoms with Crippen LogP contribution in [0.4, 0.5) is 5.69 Å². The lowest BCUT2D eigenvalue weighted by Crippen LogP contribution is -2.80. The summed E-state index contributed by atoms with van der Waals surface area (Å²) in [7, 11) is 3.45. The second-order valence-electron chi connectivity index (χ2n) is 8.22. The molecule has 3 fully saturated rings. The van der Waals surface area contributed by atoms with Gasteiger partial charge in [0.1, 0.15) is 0 Å². The number of methoxy groups -OCH3 is 1. The monoisotopic (exact) mass is 354 g/mol. The number of carbonyl (C=O) groups is 1. The molecule has 1 aliphatic carbocycles. The number of piperidine rings is 2. The van der Waals surface area contributed by atoms with Crippen LogP contribution in [0.1, 0.15) is 25.3 Å². The summed E-state index contributed by atoms with van der Waals surface area (Å²) in [6.07, 6.45) is 3.74. The molecule has 0 spiro atoms. The molecule has 3 heterocycles. The predicted molar refractivity (Wildman–Crippen MR) is 98.8 cm³/mol. The molecule has 2 saturated heterocycles. The van der Waals surface area contributed by atoms with Gasteiger partial charge in [0.25, 0.3) is 0 Å². The molecule has 1 saturated carbocycles. The Morgan fingerprint density at radius 3 is 2.88 bits per heavy atom. The summed E-state index contributed by atoms with van der Waals surface area (Å²) >= 11 is 0. The first-order chi connectivity index (χ1) is 12.5. The Hall–Kier alpha value is -1.85. The van der Waals surface area contributed by atoms with Crippen molar-refractivity contribution in [3.05, 3.63) is 41.5 Å². The summed E-state index contributed by atoms with van der Waals surface area (Å²) < 4.78 is 5.31. The number of para-hydroxylation sites is 1. The Balaban J connectivity index is 1.83. The number of hydrogen-bond acceptors (Lipinski definition) is 5. The number of allylic oxidation sites excluding steroid dienone is 1. The molecule has 5 unspecified atom stereocenters. The minimum Gasteiger partial charge on any atom is -0.469 e. The van der Waals surface area contributed by atoms with E-state index in [-0.39, 0.29) is 23.8 Å². The molecule has 1 aromatic rings. The number of nitrogens with zero attached hydrogens (tertiary/aromatic N) is 2. The van der Waals surface area contributed by atoms with E-state index in [0.717, 1.165) is 37.2 Å². The maximum Gasteiger partial charge on any atom is 0.310 e. The van der Waals surface area contributed by atoms with Gasteiger partial charge in [0.2, 0.25) is 0 Å². The standard InChI is InChI=1S/C21H26N2O3/c1-4-13-12-23-10-9-20-15-7-5-6-8-16(15)22(2)21(20,25)17(23)11-14(13)18(20)19(24)26-3/h4-8,14,17-18,25H,9-12H2,1-3H3. The summed E-state index contributed by atoms with van der Waals surface area (Å²) in [6, 6.07) is 8.23. The number of fused-ring (bicyclic) bond motifs is 2. The van der Waals surface area contributed by atoms with Gasteiger partial charge in [0.05, 0.1) is 24.5 Å². The molecule has 3 bridgehead atoms. The van der Waals surface area contributed by atoms with Gasteiger partial charge in [-0.1, -0.05) is 29.8 Å². The van der Waals surface area contributed by atoms with E-state index in [1.165, 1.54) is 12.7 Å². The van der Waals surface area contributed by atoms with Crippen LogP contribution >= 0.6 is 0 Å². The third-order valence-electron chi connectivity index (χ3n) is 7.71. The Morgan fingerprint density at radius 1 is 1.38 bits per heavy atom.